The Balaban J connectivity index is 0.999. The maximum atomic E-state index is 14.0. The molecule has 0 radical (unpaired) electrons. The number of hydrogen-bond donors (Lipinski definition) is 3. The highest BCUT2D eigenvalue weighted by Gasteiger charge is 2.31. The average molecular weight is 952 g/mol. The number of pyridine rings is 1. The Morgan fingerprint density at radius 2 is 1.84 bits per heavy atom. The SMILES string of the molecule is CN(C)CC(=O)N1CCOC(CNc2ccc(S(=O)(=O)NC(=O)c3ccc(C4=CCN(CC5=C(c6ccc(Cl)cc6)CC(C)(C)CC5)CC4)cc3Oc3cnc4[nH]ccc4c3)cc2[N+](=O)[O-])C1. The number of anilines is 1. The first-order valence-electron chi connectivity index (χ1n) is 22.3. The number of morpholine rings is 1. The third-order valence-corrected chi connectivity index (χ3v) is 14.0. The minimum Gasteiger partial charge on any atom is -0.455 e. The number of rotatable bonds is 15. The molecule has 1 fully saturated rings. The van der Waals surface area contributed by atoms with E-state index >= 15 is 0 Å². The molecule has 0 spiro atoms. The number of nitrogens with zero attached hydrogens (tertiary/aromatic N) is 5. The fraction of sp³-hybridized carbons (Fsp3) is 0.367. The van der Waals surface area contributed by atoms with Gasteiger partial charge in [-0.2, -0.15) is 0 Å². The molecule has 2 amide bonds. The van der Waals surface area contributed by atoms with Crippen molar-refractivity contribution in [2.24, 2.45) is 5.41 Å². The first-order valence-corrected chi connectivity index (χ1v) is 24.1. The minimum absolute atomic E-state index is 0.0489. The van der Waals surface area contributed by atoms with Crippen LogP contribution in [0.4, 0.5) is 11.4 Å². The van der Waals surface area contributed by atoms with Gasteiger partial charge in [0.25, 0.3) is 21.6 Å². The Kier molecular flexibility index (Phi) is 14.1. The number of ether oxygens (including phenoxy) is 2. The second-order valence-corrected chi connectivity index (χ2v) is 20.5. The number of aromatic nitrogens is 2. The Labute approximate surface area is 395 Å². The van der Waals surface area contributed by atoms with Crippen molar-refractivity contribution < 1.29 is 32.4 Å². The Morgan fingerprint density at radius 1 is 1.04 bits per heavy atom. The van der Waals surface area contributed by atoms with Crippen molar-refractivity contribution in [3.63, 3.8) is 0 Å². The van der Waals surface area contributed by atoms with E-state index in [1.807, 2.05) is 18.2 Å². The molecule has 0 saturated carbocycles. The number of halogens is 1. The zero-order valence-electron chi connectivity index (χ0n) is 38.0. The molecule has 1 aliphatic carbocycles. The van der Waals surface area contributed by atoms with Gasteiger partial charge in [-0.25, -0.2) is 18.1 Å². The van der Waals surface area contributed by atoms with E-state index in [-0.39, 0.29) is 48.0 Å². The lowest BCUT2D eigenvalue weighted by atomic mass is 9.72. The number of carbonyl (C=O) groups excluding carboxylic acids is 2. The zero-order chi connectivity index (χ0) is 47.5. The number of hydrogen-bond acceptors (Lipinski definition) is 12. The molecule has 3 N–H and O–H groups in total. The molecule has 2 aliphatic heterocycles. The molecule has 1 atom stereocenters. The lowest BCUT2D eigenvalue weighted by Gasteiger charge is -2.36. The van der Waals surface area contributed by atoms with E-state index < -0.39 is 37.5 Å². The van der Waals surface area contributed by atoms with Gasteiger partial charge >= 0.3 is 0 Å². The van der Waals surface area contributed by atoms with Crippen LogP contribution in [-0.4, -0.2) is 122 Å². The van der Waals surface area contributed by atoms with Gasteiger partial charge in [0.2, 0.25) is 5.91 Å². The van der Waals surface area contributed by atoms with E-state index in [2.05, 4.69) is 57.0 Å². The van der Waals surface area contributed by atoms with Crippen molar-refractivity contribution in [3.8, 4) is 11.5 Å². The third kappa shape index (κ3) is 11.5. The van der Waals surface area contributed by atoms with Gasteiger partial charge in [0.1, 0.15) is 22.8 Å². The van der Waals surface area contributed by atoms with Gasteiger partial charge in [-0.05, 0) is 116 Å². The molecule has 4 heterocycles. The van der Waals surface area contributed by atoms with Crippen LogP contribution in [0.2, 0.25) is 5.02 Å². The second kappa shape index (κ2) is 20.0. The summed E-state index contributed by atoms with van der Waals surface area (Å²) in [6, 6.07) is 20.1. The number of nitro groups is 1. The molecular formula is C49H55ClN8O8S. The molecule has 1 saturated heterocycles. The smallest absolute Gasteiger partial charge is 0.293 e. The predicted octanol–water partition coefficient (Wildman–Crippen LogP) is 7.99. The monoisotopic (exact) mass is 950 g/mol. The highest BCUT2D eigenvalue weighted by molar-refractivity contribution is 7.90. The van der Waals surface area contributed by atoms with Crippen LogP contribution in [0.1, 0.15) is 61.0 Å². The summed E-state index contributed by atoms with van der Waals surface area (Å²) in [5.41, 5.74) is 6.24. The molecule has 352 valence electrons. The summed E-state index contributed by atoms with van der Waals surface area (Å²) < 4.78 is 41.8. The fourth-order valence-corrected chi connectivity index (χ4v) is 9.94. The van der Waals surface area contributed by atoms with Gasteiger partial charge < -0.3 is 29.6 Å². The molecular weight excluding hydrogens is 896 g/mol. The molecule has 8 rings (SSSR count). The van der Waals surface area contributed by atoms with Crippen molar-refractivity contribution in [1.29, 1.82) is 0 Å². The van der Waals surface area contributed by atoms with Crippen LogP contribution in [0.3, 0.4) is 0 Å². The van der Waals surface area contributed by atoms with Crippen molar-refractivity contribution in [2.45, 2.75) is 50.5 Å². The number of sulfonamides is 1. The summed E-state index contributed by atoms with van der Waals surface area (Å²) in [6.45, 7) is 8.41. The fourth-order valence-electron chi connectivity index (χ4n) is 8.83. The van der Waals surface area contributed by atoms with E-state index in [9.17, 15) is 28.1 Å². The van der Waals surface area contributed by atoms with Crippen molar-refractivity contribution in [3.05, 3.63) is 129 Å². The van der Waals surface area contributed by atoms with Crippen LogP contribution < -0.4 is 14.8 Å². The first-order chi connectivity index (χ1) is 32.0. The number of aromatic amines is 1. The predicted molar refractivity (Wildman–Crippen MR) is 259 cm³/mol. The number of allylic oxidation sites excluding steroid dienone is 1. The van der Waals surface area contributed by atoms with Crippen LogP contribution in [-0.2, 0) is 19.6 Å². The largest absolute Gasteiger partial charge is 0.455 e. The molecule has 0 bridgehead atoms. The van der Waals surface area contributed by atoms with Gasteiger partial charge in [0.15, 0.2) is 0 Å². The second-order valence-electron chi connectivity index (χ2n) is 18.4. The van der Waals surface area contributed by atoms with E-state index in [1.165, 1.54) is 41.1 Å². The van der Waals surface area contributed by atoms with Crippen LogP contribution in [0.15, 0.2) is 102 Å². The number of likely N-dealkylation sites (N-methyl/N-ethyl adjacent to an activating group) is 1. The number of H-pyrrole nitrogens is 1. The highest BCUT2D eigenvalue weighted by Crippen LogP contribution is 2.44. The maximum Gasteiger partial charge on any atom is 0.293 e. The molecule has 3 aliphatic rings. The molecule has 2 aromatic heterocycles. The highest BCUT2D eigenvalue weighted by atomic mass is 35.5. The number of benzene rings is 3. The summed E-state index contributed by atoms with van der Waals surface area (Å²) in [4.78, 5) is 51.0. The molecule has 3 aromatic carbocycles. The Morgan fingerprint density at radius 3 is 2.58 bits per heavy atom. The summed E-state index contributed by atoms with van der Waals surface area (Å²) in [5, 5.41) is 16.7. The normalized spacial score (nSPS) is 17.9. The molecule has 1 unspecified atom stereocenters. The van der Waals surface area contributed by atoms with Crippen molar-refractivity contribution >= 4 is 67.0 Å². The van der Waals surface area contributed by atoms with Gasteiger partial charge in [0, 0.05) is 61.9 Å². The Bertz CT molecular complexity index is 2860. The zero-order valence-corrected chi connectivity index (χ0v) is 39.6. The summed E-state index contributed by atoms with van der Waals surface area (Å²) >= 11 is 6.24. The molecule has 16 nitrogen and oxygen atoms in total. The lowest BCUT2D eigenvalue weighted by Crippen LogP contribution is -2.50. The summed E-state index contributed by atoms with van der Waals surface area (Å²) in [5.74, 6) is -0.619. The number of fused-ring (bicyclic) bond motifs is 1. The van der Waals surface area contributed by atoms with Gasteiger partial charge in [0.05, 0.1) is 40.8 Å². The maximum absolute atomic E-state index is 14.0. The molecule has 5 aromatic rings. The van der Waals surface area contributed by atoms with Crippen molar-refractivity contribution in [1.82, 2.24) is 29.4 Å². The number of amides is 2. The lowest BCUT2D eigenvalue weighted by molar-refractivity contribution is -0.384. The number of nitro benzene ring substituents is 1. The number of carbonyl (C=O) groups is 2. The average Bonchev–Trinajstić information content (AvgIpc) is 3.77. The molecule has 67 heavy (non-hydrogen) atoms. The van der Waals surface area contributed by atoms with Crippen LogP contribution >= 0.6 is 11.6 Å². The van der Waals surface area contributed by atoms with Gasteiger partial charge in [-0.3, -0.25) is 24.6 Å². The van der Waals surface area contributed by atoms with Crippen LogP contribution in [0, 0.1) is 15.5 Å². The number of nitrogens with one attached hydrogen (secondary N) is 3. The van der Waals surface area contributed by atoms with E-state index in [1.54, 1.807) is 48.3 Å². The van der Waals surface area contributed by atoms with Crippen LogP contribution in [0.5, 0.6) is 11.5 Å². The van der Waals surface area contributed by atoms with E-state index in [4.69, 9.17) is 21.1 Å². The summed E-state index contributed by atoms with van der Waals surface area (Å²) in [7, 11) is -1.03. The van der Waals surface area contributed by atoms with E-state index in [0.29, 0.717) is 31.1 Å². The summed E-state index contributed by atoms with van der Waals surface area (Å²) in [6.07, 6.45) is 8.86. The standard InChI is InChI=1S/C49H55ClN8O8S/c1-49(2)17-13-36(42(26-49)33-5-8-37(50)9-6-33)29-56-19-15-32(16-20-56)34-7-11-41(45(24-34)66-38-23-35-14-18-51-47(35)53-27-38)48(60)54-67(63,64)40-10-12-43(44(25-40)58(61)62)52-28-39-30-57(21-22-65-39)46(59)31-55(3)4/h5-12,14-15,18,23-25,27,39,52H,13,16-17,19-22,26,28-31H2,1-4H3,(H,51,53)(H,54,60). The van der Waals surface area contributed by atoms with Crippen molar-refractivity contribution in [2.75, 3.05) is 71.8 Å². The third-order valence-electron chi connectivity index (χ3n) is 12.5. The molecule has 18 heteroatoms. The topological polar surface area (TPSA) is 192 Å². The Hall–Kier alpha value is -6.11. The van der Waals surface area contributed by atoms with E-state index in [0.717, 1.165) is 66.4 Å². The first kappa shape index (κ1) is 47.4. The van der Waals surface area contributed by atoms with Gasteiger partial charge in [-0.15, -0.1) is 0 Å². The quantitative estimate of drug-likeness (QED) is 0.0678. The van der Waals surface area contributed by atoms with Crippen LogP contribution in [0.25, 0.3) is 22.2 Å². The van der Waals surface area contributed by atoms with Gasteiger partial charge in [-0.1, -0.05) is 55.3 Å². The minimum atomic E-state index is -4.64.